The molecule has 0 aromatic carbocycles. The fourth-order valence-corrected chi connectivity index (χ4v) is 4.30. The van der Waals surface area contributed by atoms with Crippen molar-refractivity contribution in [1.82, 2.24) is 4.90 Å². The van der Waals surface area contributed by atoms with Crippen LogP contribution in [0.25, 0.3) is 0 Å². The van der Waals surface area contributed by atoms with Gasteiger partial charge >= 0.3 is 0 Å². The summed E-state index contributed by atoms with van der Waals surface area (Å²) < 4.78 is 0. The zero-order valence-electron chi connectivity index (χ0n) is 11.2. The van der Waals surface area contributed by atoms with E-state index in [1.54, 1.807) is 0 Å². The molecule has 3 heteroatoms. The zero-order chi connectivity index (χ0) is 12.1. The molecule has 100 valence electrons. The van der Waals surface area contributed by atoms with E-state index in [0.717, 1.165) is 18.5 Å². The van der Waals surface area contributed by atoms with Crippen LogP contribution in [0.15, 0.2) is 0 Å². The second kappa shape index (κ2) is 7.01. The van der Waals surface area contributed by atoms with E-state index < -0.39 is 0 Å². The minimum absolute atomic E-state index is 0.649. The van der Waals surface area contributed by atoms with Gasteiger partial charge in [-0.05, 0) is 56.6 Å². The summed E-state index contributed by atoms with van der Waals surface area (Å²) in [5.74, 6) is 2.25. The highest BCUT2D eigenvalue weighted by molar-refractivity contribution is 7.98. The number of nitrogens with zero attached hydrogens (tertiary/aromatic N) is 1. The molecule has 1 saturated carbocycles. The van der Waals surface area contributed by atoms with Crippen LogP contribution in [0.2, 0.25) is 0 Å². The standard InChI is InChI=1S/C14H28N2S/c1-17-10-8-13(11-15)16-9-4-7-14(16)12-5-2-3-6-12/h12-14H,2-11,15H2,1H3. The van der Waals surface area contributed by atoms with Crippen molar-refractivity contribution in [2.24, 2.45) is 11.7 Å². The topological polar surface area (TPSA) is 29.3 Å². The van der Waals surface area contributed by atoms with Crippen molar-refractivity contribution in [1.29, 1.82) is 0 Å². The van der Waals surface area contributed by atoms with Crippen LogP contribution >= 0.6 is 11.8 Å². The molecule has 0 radical (unpaired) electrons. The van der Waals surface area contributed by atoms with Gasteiger partial charge in [-0.2, -0.15) is 11.8 Å². The summed E-state index contributed by atoms with van der Waals surface area (Å²) in [5, 5.41) is 0. The van der Waals surface area contributed by atoms with Crippen LogP contribution in [-0.4, -0.2) is 42.1 Å². The number of hydrogen-bond donors (Lipinski definition) is 1. The van der Waals surface area contributed by atoms with E-state index in [1.165, 1.54) is 57.2 Å². The summed E-state index contributed by atoms with van der Waals surface area (Å²) in [6.45, 7) is 2.15. The van der Waals surface area contributed by atoms with Crippen LogP contribution in [0.3, 0.4) is 0 Å². The molecule has 2 fully saturated rings. The van der Waals surface area contributed by atoms with Crippen molar-refractivity contribution in [3.63, 3.8) is 0 Å². The van der Waals surface area contributed by atoms with Crippen molar-refractivity contribution in [2.75, 3.05) is 25.1 Å². The number of nitrogens with two attached hydrogens (primary N) is 1. The average molecular weight is 256 g/mol. The Morgan fingerprint density at radius 2 is 2.00 bits per heavy atom. The minimum atomic E-state index is 0.649. The van der Waals surface area contributed by atoms with Gasteiger partial charge in [0.2, 0.25) is 0 Å². The molecule has 2 atom stereocenters. The lowest BCUT2D eigenvalue weighted by atomic mass is 9.95. The van der Waals surface area contributed by atoms with Crippen LogP contribution in [0.4, 0.5) is 0 Å². The number of likely N-dealkylation sites (tertiary alicyclic amines) is 1. The predicted octanol–water partition coefficient (Wildman–Crippen LogP) is 2.72. The maximum Gasteiger partial charge on any atom is 0.0229 e. The second-order valence-corrected chi connectivity index (χ2v) is 6.65. The van der Waals surface area contributed by atoms with Crippen molar-refractivity contribution in [3.05, 3.63) is 0 Å². The zero-order valence-corrected chi connectivity index (χ0v) is 12.1. The molecule has 2 nitrogen and oxygen atoms in total. The fraction of sp³-hybridized carbons (Fsp3) is 1.00. The first-order valence-corrected chi connectivity index (χ1v) is 8.71. The quantitative estimate of drug-likeness (QED) is 0.792. The van der Waals surface area contributed by atoms with E-state index in [2.05, 4.69) is 11.2 Å². The van der Waals surface area contributed by atoms with Crippen LogP contribution in [-0.2, 0) is 0 Å². The molecule has 2 aliphatic rings. The van der Waals surface area contributed by atoms with Crippen LogP contribution in [0, 0.1) is 5.92 Å². The highest BCUT2D eigenvalue weighted by Crippen LogP contribution is 2.36. The maximum atomic E-state index is 6.00. The number of thioether (sulfide) groups is 1. The summed E-state index contributed by atoms with van der Waals surface area (Å²) in [6, 6.07) is 1.52. The Labute approximate surface area is 111 Å². The van der Waals surface area contributed by atoms with Crippen molar-refractivity contribution in [2.45, 2.75) is 57.0 Å². The Morgan fingerprint density at radius 1 is 1.24 bits per heavy atom. The third-order valence-corrected chi connectivity index (χ3v) is 5.33. The molecule has 0 bridgehead atoms. The van der Waals surface area contributed by atoms with Gasteiger partial charge in [0, 0.05) is 18.6 Å². The molecular weight excluding hydrogens is 228 g/mol. The summed E-state index contributed by atoms with van der Waals surface area (Å²) in [6.07, 6.45) is 12.2. The Balaban J connectivity index is 1.91. The number of rotatable bonds is 6. The molecule has 1 saturated heterocycles. The van der Waals surface area contributed by atoms with Crippen LogP contribution in [0.1, 0.15) is 44.9 Å². The van der Waals surface area contributed by atoms with Crippen molar-refractivity contribution in [3.8, 4) is 0 Å². The monoisotopic (exact) mass is 256 g/mol. The van der Waals surface area contributed by atoms with Crippen LogP contribution in [0.5, 0.6) is 0 Å². The van der Waals surface area contributed by atoms with Gasteiger partial charge in [0.1, 0.15) is 0 Å². The van der Waals surface area contributed by atoms with E-state index >= 15 is 0 Å². The largest absolute Gasteiger partial charge is 0.329 e. The molecule has 0 spiro atoms. The SMILES string of the molecule is CSCCC(CN)N1CCCC1C1CCCC1. The van der Waals surface area contributed by atoms with E-state index in [-0.39, 0.29) is 0 Å². The van der Waals surface area contributed by atoms with Crippen LogP contribution < -0.4 is 5.73 Å². The lowest BCUT2D eigenvalue weighted by Crippen LogP contribution is -2.46. The first kappa shape index (κ1) is 13.7. The highest BCUT2D eigenvalue weighted by atomic mass is 32.2. The molecular formula is C14H28N2S. The third-order valence-electron chi connectivity index (χ3n) is 4.68. The minimum Gasteiger partial charge on any atom is -0.329 e. The first-order chi connectivity index (χ1) is 8.36. The van der Waals surface area contributed by atoms with Gasteiger partial charge in [-0.25, -0.2) is 0 Å². The molecule has 0 aromatic heterocycles. The third kappa shape index (κ3) is 3.39. The number of hydrogen-bond acceptors (Lipinski definition) is 3. The average Bonchev–Trinajstić information content (AvgIpc) is 3.00. The predicted molar refractivity (Wildman–Crippen MR) is 77.5 cm³/mol. The van der Waals surface area contributed by atoms with Gasteiger partial charge in [-0.1, -0.05) is 12.8 Å². The highest BCUT2D eigenvalue weighted by Gasteiger charge is 2.36. The van der Waals surface area contributed by atoms with E-state index in [0.29, 0.717) is 6.04 Å². The molecule has 2 N–H and O–H groups in total. The Bertz CT molecular complexity index is 216. The molecule has 17 heavy (non-hydrogen) atoms. The van der Waals surface area contributed by atoms with Gasteiger partial charge in [0.25, 0.3) is 0 Å². The molecule has 1 aliphatic carbocycles. The maximum absolute atomic E-state index is 6.00. The van der Waals surface area contributed by atoms with Gasteiger partial charge in [-0.15, -0.1) is 0 Å². The van der Waals surface area contributed by atoms with Gasteiger partial charge in [0.15, 0.2) is 0 Å². The Kier molecular flexibility index (Phi) is 5.64. The summed E-state index contributed by atoms with van der Waals surface area (Å²) in [5.41, 5.74) is 6.00. The first-order valence-electron chi connectivity index (χ1n) is 7.31. The summed E-state index contributed by atoms with van der Waals surface area (Å²) in [4.78, 5) is 2.77. The van der Waals surface area contributed by atoms with Gasteiger partial charge in [-0.3, -0.25) is 4.90 Å². The van der Waals surface area contributed by atoms with Crippen molar-refractivity contribution < 1.29 is 0 Å². The summed E-state index contributed by atoms with van der Waals surface area (Å²) in [7, 11) is 0. The normalized spacial score (nSPS) is 28.9. The molecule has 1 heterocycles. The molecule has 0 aromatic rings. The second-order valence-electron chi connectivity index (χ2n) is 5.66. The summed E-state index contributed by atoms with van der Waals surface area (Å²) >= 11 is 1.96. The Hall–Kier alpha value is 0.270. The Morgan fingerprint density at radius 3 is 2.65 bits per heavy atom. The molecule has 2 rings (SSSR count). The fourth-order valence-electron chi connectivity index (χ4n) is 3.79. The lowest BCUT2D eigenvalue weighted by molar-refractivity contribution is 0.135. The van der Waals surface area contributed by atoms with Gasteiger partial charge < -0.3 is 5.73 Å². The molecule has 1 aliphatic heterocycles. The smallest absolute Gasteiger partial charge is 0.0229 e. The van der Waals surface area contributed by atoms with E-state index in [1.807, 2.05) is 11.8 Å². The van der Waals surface area contributed by atoms with Gasteiger partial charge in [0.05, 0.1) is 0 Å². The lowest BCUT2D eigenvalue weighted by Gasteiger charge is -2.35. The van der Waals surface area contributed by atoms with E-state index in [9.17, 15) is 0 Å². The van der Waals surface area contributed by atoms with E-state index in [4.69, 9.17) is 5.73 Å². The molecule has 2 unspecified atom stereocenters. The molecule has 0 amide bonds. The van der Waals surface area contributed by atoms with Crippen molar-refractivity contribution >= 4 is 11.8 Å².